The minimum atomic E-state index is 0.540. The summed E-state index contributed by atoms with van der Waals surface area (Å²) in [4.78, 5) is 0. The van der Waals surface area contributed by atoms with E-state index in [2.05, 4.69) is 21.0 Å². The Hall–Kier alpha value is -1.20. The minimum absolute atomic E-state index is 0.540. The van der Waals surface area contributed by atoms with Crippen molar-refractivity contribution in [1.82, 2.24) is 9.78 Å². The van der Waals surface area contributed by atoms with Crippen molar-refractivity contribution in [3.05, 3.63) is 39.6 Å². The van der Waals surface area contributed by atoms with Gasteiger partial charge in [-0.25, -0.2) is 0 Å². The van der Waals surface area contributed by atoms with Crippen molar-refractivity contribution in [2.24, 2.45) is 0 Å². The van der Waals surface area contributed by atoms with Gasteiger partial charge in [0, 0.05) is 6.20 Å². The van der Waals surface area contributed by atoms with Gasteiger partial charge in [0.25, 0.3) is 0 Å². The Balaban J connectivity index is 1.91. The van der Waals surface area contributed by atoms with Crippen molar-refractivity contribution < 1.29 is 9.47 Å². The molecule has 4 nitrogen and oxygen atoms in total. The molecule has 0 N–H and O–H groups in total. The lowest BCUT2D eigenvalue weighted by atomic mass is 10.2. The van der Waals surface area contributed by atoms with Gasteiger partial charge < -0.3 is 9.47 Å². The van der Waals surface area contributed by atoms with Crippen molar-refractivity contribution in [2.45, 2.75) is 6.54 Å². The molecular weight excluding hydrogens is 320 g/mol. The number of fused-ring (bicyclic) bond motifs is 1. The van der Waals surface area contributed by atoms with E-state index in [0.29, 0.717) is 36.3 Å². The third-order valence-electron chi connectivity index (χ3n) is 2.60. The van der Waals surface area contributed by atoms with Crippen LogP contribution in [0, 0.1) is 0 Å². The van der Waals surface area contributed by atoms with Crippen LogP contribution < -0.4 is 9.47 Å². The molecule has 3 rings (SSSR count). The third-order valence-corrected chi connectivity index (χ3v) is 3.29. The summed E-state index contributed by atoms with van der Waals surface area (Å²) < 4.78 is 13.8. The Morgan fingerprint density at radius 1 is 1.33 bits per heavy atom. The largest absolute Gasteiger partial charge is 0.486 e. The van der Waals surface area contributed by atoms with E-state index >= 15 is 0 Å². The van der Waals surface area contributed by atoms with Gasteiger partial charge in [-0.3, -0.25) is 4.68 Å². The number of ether oxygens (including phenoxy) is 2. The molecule has 0 aliphatic carbocycles. The average Bonchev–Trinajstić information content (AvgIpc) is 2.75. The summed E-state index contributed by atoms with van der Waals surface area (Å²) in [6.07, 6.45) is 3.66. The molecule has 0 radical (unpaired) electrons. The van der Waals surface area contributed by atoms with Crippen LogP contribution in [0.25, 0.3) is 0 Å². The maximum absolute atomic E-state index is 6.17. The fourth-order valence-corrected chi connectivity index (χ4v) is 2.48. The molecule has 0 saturated carbocycles. The first-order chi connectivity index (χ1) is 8.72. The summed E-state index contributed by atoms with van der Waals surface area (Å²) in [7, 11) is 0. The maximum Gasteiger partial charge on any atom is 0.179 e. The number of rotatable bonds is 2. The van der Waals surface area contributed by atoms with Crippen molar-refractivity contribution >= 4 is 27.5 Å². The Morgan fingerprint density at radius 2 is 2.17 bits per heavy atom. The fourth-order valence-electron chi connectivity index (χ4n) is 1.87. The summed E-state index contributed by atoms with van der Waals surface area (Å²) in [6, 6.07) is 3.82. The quantitative estimate of drug-likeness (QED) is 0.849. The topological polar surface area (TPSA) is 36.3 Å². The SMILES string of the molecule is Clc1cc(Cn2cc(Br)cn2)cc2c1OCCO2. The predicted octanol–water partition coefficient (Wildman–Crippen LogP) is 3.12. The van der Waals surface area contributed by atoms with Crippen LogP contribution in [0.1, 0.15) is 5.56 Å². The highest BCUT2D eigenvalue weighted by molar-refractivity contribution is 9.10. The highest BCUT2D eigenvalue weighted by atomic mass is 79.9. The molecule has 1 aromatic heterocycles. The molecule has 6 heteroatoms. The second-order valence-corrected chi connectivity index (χ2v) is 5.28. The van der Waals surface area contributed by atoms with Crippen LogP contribution in [0.4, 0.5) is 0 Å². The standard InChI is InChI=1S/C12H10BrClN2O2/c13-9-5-15-16(7-9)6-8-3-10(14)12-11(4-8)17-1-2-18-12/h3-5,7H,1-2,6H2. The second kappa shape index (κ2) is 4.82. The van der Waals surface area contributed by atoms with Gasteiger partial charge in [-0.2, -0.15) is 5.10 Å². The number of benzene rings is 1. The molecule has 0 unspecified atom stereocenters. The molecule has 1 aliphatic rings. The molecule has 0 spiro atoms. The summed E-state index contributed by atoms with van der Waals surface area (Å²) in [5.41, 5.74) is 1.03. The normalized spacial score (nSPS) is 13.7. The molecule has 1 aliphatic heterocycles. The van der Waals surface area contributed by atoms with E-state index in [1.54, 1.807) is 6.20 Å². The zero-order valence-corrected chi connectivity index (χ0v) is 11.7. The first-order valence-corrected chi connectivity index (χ1v) is 6.65. The van der Waals surface area contributed by atoms with Gasteiger partial charge in [0.1, 0.15) is 13.2 Å². The maximum atomic E-state index is 6.17. The molecule has 0 fully saturated rings. The Labute approximate surface area is 118 Å². The van der Waals surface area contributed by atoms with Crippen molar-refractivity contribution in [3.63, 3.8) is 0 Å². The van der Waals surface area contributed by atoms with Gasteiger partial charge in [-0.1, -0.05) is 11.6 Å². The van der Waals surface area contributed by atoms with Gasteiger partial charge in [-0.15, -0.1) is 0 Å². The van der Waals surface area contributed by atoms with Crippen molar-refractivity contribution in [3.8, 4) is 11.5 Å². The Morgan fingerprint density at radius 3 is 2.94 bits per heavy atom. The van der Waals surface area contributed by atoms with Gasteiger partial charge in [0.15, 0.2) is 11.5 Å². The van der Waals surface area contributed by atoms with E-state index in [9.17, 15) is 0 Å². The molecule has 18 heavy (non-hydrogen) atoms. The summed E-state index contributed by atoms with van der Waals surface area (Å²) >= 11 is 9.54. The van der Waals surface area contributed by atoms with E-state index in [-0.39, 0.29) is 0 Å². The van der Waals surface area contributed by atoms with Crippen molar-refractivity contribution in [2.75, 3.05) is 13.2 Å². The number of aromatic nitrogens is 2. The average molecular weight is 330 g/mol. The van der Waals surface area contributed by atoms with E-state index < -0.39 is 0 Å². The number of hydrogen-bond acceptors (Lipinski definition) is 3. The van der Waals surface area contributed by atoms with E-state index in [1.807, 2.05) is 23.0 Å². The molecule has 0 bridgehead atoms. The molecule has 2 aromatic rings. The first kappa shape index (κ1) is 11.9. The van der Waals surface area contributed by atoms with Gasteiger partial charge in [0.05, 0.1) is 22.2 Å². The van der Waals surface area contributed by atoms with Crippen LogP contribution in [0.5, 0.6) is 11.5 Å². The molecule has 2 heterocycles. The molecule has 94 valence electrons. The number of halogens is 2. The Bertz CT molecular complexity index is 585. The fraction of sp³-hybridized carbons (Fsp3) is 0.250. The zero-order chi connectivity index (χ0) is 12.5. The molecular formula is C12H10BrClN2O2. The van der Waals surface area contributed by atoms with Gasteiger partial charge in [0.2, 0.25) is 0 Å². The van der Waals surface area contributed by atoms with Crippen molar-refractivity contribution in [1.29, 1.82) is 0 Å². The lowest BCUT2D eigenvalue weighted by Crippen LogP contribution is -2.16. The molecule has 0 saturated heterocycles. The van der Waals surface area contributed by atoms with E-state index in [1.165, 1.54) is 0 Å². The molecule has 0 atom stereocenters. The van der Waals surface area contributed by atoms with Crippen LogP contribution in [0.15, 0.2) is 29.0 Å². The molecule has 0 amide bonds. The van der Waals surface area contributed by atoms with Crippen LogP contribution in [0.3, 0.4) is 0 Å². The number of hydrogen-bond donors (Lipinski definition) is 0. The smallest absolute Gasteiger partial charge is 0.179 e. The lowest BCUT2D eigenvalue weighted by Gasteiger charge is -2.20. The summed E-state index contributed by atoms with van der Waals surface area (Å²) in [5, 5.41) is 4.78. The van der Waals surface area contributed by atoms with Gasteiger partial charge >= 0.3 is 0 Å². The molecule has 1 aromatic carbocycles. The highest BCUT2D eigenvalue weighted by Gasteiger charge is 2.16. The monoisotopic (exact) mass is 328 g/mol. The van der Waals surface area contributed by atoms with Gasteiger partial charge in [-0.05, 0) is 33.6 Å². The highest BCUT2D eigenvalue weighted by Crippen LogP contribution is 2.38. The van der Waals surface area contributed by atoms with Crippen LogP contribution >= 0.6 is 27.5 Å². The Kier molecular flexibility index (Phi) is 3.18. The van der Waals surface area contributed by atoms with Crippen LogP contribution in [0.2, 0.25) is 5.02 Å². The number of nitrogens with zero attached hydrogens (tertiary/aromatic N) is 2. The summed E-state index contributed by atoms with van der Waals surface area (Å²) in [6.45, 7) is 1.74. The lowest BCUT2D eigenvalue weighted by molar-refractivity contribution is 0.171. The zero-order valence-electron chi connectivity index (χ0n) is 9.40. The van der Waals surface area contributed by atoms with E-state index in [4.69, 9.17) is 21.1 Å². The third kappa shape index (κ3) is 2.33. The van der Waals surface area contributed by atoms with E-state index in [0.717, 1.165) is 10.0 Å². The first-order valence-electron chi connectivity index (χ1n) is 5.48. The summed E-state index contributed by atoms with van der Waals surface area (Å²) in [5.74, 6) is 1.34. The second-order valence-electron chi connectivity index (χ2n) is 3.96. The van der Waals surface area contributed by atoms with Crippen LogP contribution in [-0.4, -0.2) is 23.0 Å². The minimum Gasteiger partial charge on any atom is -0.486 e. The van der Waals surface area contributed by atoms with Crippen LogP contribution in [-0.2, 0) is 6.54 Å². The predicted molar refractivity (Wildman–Crippen MR) is 71.5 cm³/mol.